The standard InChI is InChI=1S/C14H20N2O2S/c1-19-9-7-11(15)14(17)16-12-6-8-18-13-5-3-2-4-10(12)13/h2-5,11-12H,6-9,15H2,1H3,(H,16,17)/t11-,12?/m1/s1. The number of amides is 1. The summed E-state index contributed by atoms with van der Waals surface area (Å²) < 4.78 is 5.57. The van der Waals surface area contributed by atoms with E-state index in [1.165, 1.54) is 0 Å². The molecule has 19 heavy (non-hydrogen) atoms. The Hall–Kier alpha value is -1.20. The zero-order chi connectivity index (χ0) is 13.7. The summed E-state index contributed by atoms with van der Waals surface area (Å²) in [6.07, 6.45) is 3.51. The lowest BCUT2D eigenvalue weighted by Gasteiger charge is -2.27. The van der Waals surface area contributed by atoms with Gasteiger partial charge in [-0.15, -0.1) is 0 Å². The molecular formula is C14H20N2O2S. The van der Waals surface area contributed by atoms with Gasteiger partial charge in [-0.25, -0.2) is 0 Å². The van der Waals surface area contributed by atoms with Crippen molar-refractivity contribution in [3.63, 3.8) is 0 Å². The molecule has 0 bridgehead atoms. The van der Waals surface area contributed by atoms with Crippen LogP contribution in [0, 0.1) is 0 Å². The third kappa shape index (κ3) is 3.64. The quantitative estimate of drug-likeness (QED) is 0.862. The van der Waals surface area contributed by atoms with E-state index in [1.54, 1.807) is 11.8 Å². The maximum atomic E-state index is 12.0. The molecule has 0 saturated heterocycles. The number of hydrogen-bond donors (Lipinski definition) is 2. The van der Waals surface area contributed by atoms with Gasteiger partial charge in [-0.3, -0.25) is 4.79 Å². The van der Waals surface area contributed by atoms with Crippen LogP contribution in [0.15, 0.2) is 24.3 Å². The molecule has 2 atom stereocenters. The molecule has 1 amide bonds. The molecule has 1 aliphatic rings. The summed E-state index contributed by atoms with van der Waals surface area (Å²) in [5.74, 6) is 1.69. The van der Waals surface area contributed by atoms with Crippen LogP contribution >= 0.6 is 11.8 Å². The third-order valence-electron chi connectivity index (χ3n) is 3.24. The summed E-state index contributed by atoms with van der Waals surface area (Å²) >= 11 is 1.70. The van der Waals surface area contributed by atoms with E-state index in [1.807, 2.05) is 30.5 Å². The molecule has 1 unspecified atom stereocenters. The maximum Gasteiger partial charge on any atom is 0.237 e. The predicted molar refractivity (Wildman–Crippen MR) is 78.4 cm³/mol. The van der Waals surface area contributed by atoms with Crippen LogP contribution in [0.3, 0.4) is 0 Å². The summed E-state index contributed by atoms with van der Waals surface area (Å²) in [5, 5.41) is 3.03. The summed E-state index contributed by atoms with van der Waals surface area (Å²) in [4.78, 5) is 12.0. The van der Waals surface area contributed by atoms with Crippen molar-refractivity contribution in [2.75, 3.05) is 18.6 Å². The van der Waals surface area contributed by atoms with Gasteiger partial charge in [0.1, 0.15) is 5.75 Å². The minimum atomic E-state index is -0.428. The Labute approximate surface area is 118 Å². The number of rotatable bonds is 5. The van der Waals surface area contributed by atoms with Crippen molar-refractivity contribution in [3.8, 4) is 5.75 Å². The van der Waals surface area contributed by atoms with Crippen molar-refractivity contribution in [2.45, 2.75) is 24.9 Å². The number of ether oxygens (including phenoxy) is 1. The maximum absolute atomic E-state index is 12.0. The predicted octanol–water partition coefficient (Wildman–Crippen LogP) is 1.71. The molecule has 4 nitrogen and oxygen atoms in total. The minimum Gasteiger partial charge on any atom is -0.493 e. The van der Waals surface area contributed by atoms with Crippen molar-refractivity contribution in [1.29, 1.82) is 0 Å². The first-order valence-electron chi connectivity index (χ1n) is 6.49. The van der Waals surface area contributed by atoms with Crippen LogP contribution in [0.4, 0.5) is 0 Å². The number of carbonyl (C=O) groups excluding carboxylic acids is 1. The lowest BCUT2D eigenvalue weighted by Crippen LogP contribution is -2.43. The topological polar surface area (TPSA) is 64.4 Å². The molecule has 0 aromatic heterocycles. The number of thioether (sulfide) groups is 1. The Balaban J connectivity index is 1.98. The first kappa shape index (κ1) is 14.2. The number of nitrogens with two attached hydrogens (primary N) is 1. The van der Waals surface area contributed by atoms with E-state index in [0.29, 0.717) is 13.0 Å². The molecule has 0 radical (unpaired) electrons. The Kier molecular flexibility index (Phi) is 5.10. The molecule has 1 heterocycles. The monoisotopic (exact) mass is 280 g/mol. The number of benzene rings is 1. The molecule has 1 aliphatic heterocycles. The van der Waals surface area contributed by atoms with Gasteiger partial charge < -0.3 is 15.8 Å². The van der Waals surface area contributed by atoms with Crippen molar-refractivity contribution in [3.05, 3.63) is 29.8 Å². The number of hydrogen-bond acceptors (Lipinski definition) is 4. The highest BCUT2D eigenvalue weighted by Crippen LogP contribution is 2.31. The van der Waals surface area contributed by atoms with Crippen LogP contribution in [0.25, 0.3) is 0 Å². The third-order valence-corrected chi connectivity index (χ3v) is 3.89. The molecule has 5 heteroatoms. The van der Waals surface area contributed by atoms with Crippen LogP contribution in [-0.2, 0) is 4.79 Å². The minimum absolute atomic E-state index is 0.0118. The smallest absolute Gasteiger partial charge is 0.237 e. The second-order valence-electron chi connectivity index (χ2n) is 4.62. The number of para-hydroxylation sites is 1. The van der Waals surface area contributed by atoms with Crippen LogP contribution in [-0.4, -0.2) is 30.6 Å². The number of fused-ring (bicyclic) bond motifs is 1. The van der Waals surface area contributed by atoms with Gasteiger partial charge in [0.25, 0.3) is 0 Å². The first-order valence-corrected chi connectivity index (χ1v) is 7.88. The lowest BCUT2D eigenvalue weighted by molar-refractivity contribution is -0.123. The van der Waals surface area contributed by atoms with Crippen LogP contribution in [0.5, 0.6) is 5.75 Å². The van der Waals surface area contributed by atoms with Crippen molar-refractivity contribution >= 4 is 17.7 Å². The van der Waals surface area contributed by atoms with Gasteiger partial charge in [0.15, 0.2) is 0 Å². The van der Waals surface area contributed by atoms with Gasteiger partial charge in [-0.1, -0.05) is 18.2 Å². The van der Waals surface area contributed by atoms with E-state index in [2.05, 4.69) is 5.32 Å². The van der Waals surface area contributed by atoms with E-state index < -0.39 is 6.04 Å². The second kappa shape index (κ2) is 6.82. The van der Waals surface area contributed by atoms with Gasteiger partial charge in [0, 0.05) is 12.0 Å². The first-order chi connectivity index (χ1) is 9.22. The molecule has 0 aliphatic carbocycles. The van der Waals surface area contributed by atoms with Gasteiger partial charge >= 0.3 is 0 Å². The van der Waals surface area contributed by atoms with Crippen molar-refractivity contribution in [1.82, 2.24) is 5.32 Å². The van der Waals surface area contributed by atoms with Gasteiger partial charge in [-0.05, 0) is 24.5 Å². The van der Waals surface area contributed by atoms with Crippen LogP contribution < -0.4 is 15.8 Å². The summed E-state index contributed by atoms with van der Waals surface area (Å²) in [6.45, 7) is 0.627. The molecule has 0 saturated carbocycles. The summed E-state index contributed by atoms with van der Waals surface area (Å²) in [5.41, 5.74) is 6.92. The lowest BCUT2D eigenvalue weighted by atomic mass is 10.00. The molecule has 0 fully saturated rings. The van der Waals surface area contributed by atoms with Crippen LogP contribution in [0.2, 0.25) is 0 Å². The van der Waals surface area contributed by atoms with E-state index in [-0.39, 0.29) is 11.9 Å². The van der Waals surface area contributed by atoms with Gasteiger partial charge in [-0.2, -0.15) is 11.8 Å². The molecule has 3 N–H and O–H groups in total. The molecular weight excluding hydrogens is 260 g/mol. The number of nitrogens with one attached hydrogen (secondary N) is 1. The average Bonchev–Trinajstić information content (AvgIpc) is 2.45. The van der Waals surface area contributed by atoms with E-state index in [4.69, 9.17) is 10.5 Å². The SMILES string of the molecule is CSCC[C@@H](N)C(=O)NC1CCOc2ccccc21. The van der Waals surface area contributed by atoms with Gasteiger partial charge in [0.05, 0.1) is 18.7 Å². The van der Waals surface area contributed by atoms with Crippen molar-refractivity contribution < 1.29 is 9.53 Å². The largest absolute Gasteiger partial charge is 0.493 e. The molecule has 1 aromatic rings. The Morgan fingerprint density at radius 1 is 1.58 bits per heavy atom. The Bertz CT molecular complexity index is 439. The zero-order valence-corrected chi connectivity index (χ0v) is 11.9. The fraction of sp³-hybridized carbons (Fsp3) is 0.500. The Morgan fingerprint density at radius 3 is 3.16 bits per heavy atom. The average molecular weight is 280 g/mol. The van der Waals surface area contributed by atoms with Crippen LogP contribution in [0.1, 0.15) is 24.4 Å². The normalized spacial score (nSPS) is 19.2. The highest BCUT2D eigenvalue weighted by molar-refractivity contribution is 7.98. The molecule has 2 rings (SSSR count). The summed E-state index contributed by atoms with van der Waals surface area (Å²) in [6, 6.07) is 7.40. The molecule has 1 aromatic carbocycles. The van der Waals surface area contributed by atoms with E-state index in [0.717, 1.165) is 23.5 Å². The fourth-order valence-electron chi connectivity index (χ4n) is 2.15. The van der Waals surface area contributed by atoms with E-state index >= 15 is 0 Å². The van der Waals surface area contributed by atoms with E-state index in [9.17, 15) is 4.79 Å². The molecule has 104 valence electrons. The van der Waals surface area contributed by atoms with Gasteiger partial charge in [0.2, 0.25) is 5.91 Å². The van der Waals surface area contributed by atoms with Crippen molar-refractivity contribution in [2.24, 2.45) is 5.73 Å². The number of carbonyl (C=O) groups is 1. The Morgan fingerprint density at radius 2 is 2.37 bits per heavy atom. The highest BCUT2D eigenvalue weighted by Gasteiger charge is 2.24. The second-order valence-corrected chi connectivity index (χ2v) is 5.61. The fourth-order valence-corrected chi connectivity index (χ4v) is 2.64. The molecule has 0 spiro atoms. The summed E-state index contributed by atoms with van der Waals surface area (Å²) in [7, 11) is 0. The highest BCUT2D eigenvalue weighted by atomic mass is 32.2. The zero-order valence-electron chi connectivity index (χ0n) is 11.1.